The minimum Gasteiger partial charge on any atom is -0.497 e. The summed E-state index contributed by atoms with van der Waals surface area (Å²) in [5.41, 5.74) is 1.22. The summed E-state index contributed by atoms with van der Waals surface area (Å²) in [5.74, 6) is 1.96. The standard InChI is InChI=1S/C19H17N5O4S/c1-26-13-6-4-5-11(9-13)16-21-22-19-24(16)23-18(29-19)20-17(25)12-7-8-14(27-2)15(10-12)28-3/h4-10H,1-3H3,(H,20,23,25). The molecule has 4 rings (SSSR count). The molecule has 10 heteroatoms. The molecule has 9 nitrogen and oxygen atoms in total. The summed E-state index contributed by atoms with van der Waals surface area (Å²) < 4.78 is 17.3. The largest absolute Gasteiger partial charge is 0.497 e. The van der Waals surface area contributed by atoms with Gasteiger partial charge in [0.2, 0.25) is 10.1 Å². The van der Waals surface area contributed by atoms with Gasteiger partial charge in [-0.2, -0.15) is 4.52 Å². The van der Waals surface area contributed by atoms with Crippen LogP contribution in [0.5, 0.6) is 17.2 Å². The van der Waals surface area contributed by atoms with E-state index in [0.717, 1.165) is 5.56 Å². The minimum absolute atomic E-state index is 0.321. The highest BCUT2D eigenvalue weighted by Gasteiger charge is 2.17. The van der Waals surface area contributed by atoms with Crippen molar-refractivity contribution in [3.63, 3.8) is 0 Å². The number of aromatic nitrogens is 4. The van der Waals surface area contributed by atoms with Gasteiger partial charge in [-0.1, -0.05) is 23.5 Å². The summed E-state index contributed by atoms with van der Waals surface area (Å²) in [5, 5.41) is 15.9. The van der Waals surface area contributed by atoms with E-state index in [1.165, 1.54) is 25.6 Å². The maximum atomic E-state index is 12.6. The number of hydrogen-bond donors (Lipinski definition) is 1. The third kappa shape index (κ3) is 3.57. The summed E-state index contributed by atoms with van der Waals surface area (Å²) in [6.45, 7) is 0. The number of nitrogens with one attached hydrogen (secondary N) is 1. The Morgan fingerprint density at radius 3 is 2.59 bits per heavy atom. The summed E-state index contributed by atoms with van der Waals surface area (Å²) in [4.78, 5) is 13.2. The Kier molecular flexibility index (Phi) is 5.00. The van der Waals surface area contributed by atoms with E-state index < -0.39 is 0 Å². The fourth-order valence-electron chi connectivity index (χ4n) is 2.76. The normalized spacial score (nSPS) is 10.7. The number of benzene rings is 2. The van der Waals surface area contributed by atoms with Gasteiger partial charge < -0.3 is 14.2 Å². The Balaban J connectivity index is 1.61. The average Bonchev–Trinajstić information content (AvgIpc) is 3.33. The van der Waals surface area contributed by atoms with Crippen LogP contribution in [0, 0.1) is 0 Å². The fraction of sp³-hybridized carbons (Fsp3) is 0.158. The van der Waals surface area contributed by atoms with Crippen molar-refractivity contribution < 1.29 is 19.0 Å². The van der Waals surface area contributed by atoms with Crippen LogP contribution in [-0.4, -0.2) is 47.0 Å². The van der Waals surface area contributed by atoms with Crippen molar-refractivity contribution in [2.24, 2.45) is 0 Å². The van der Waals surface area contributed by atoms with Gasteiger partial charge in [0.1, 0.15) is 5.75 Å². The lowest BCUT2D eigenvalue weighted by molar-refractivity contribution is 0.102. The van der Waals surface area contributed by atoms with E-state index in [4.69, 9.17) is 14.2 Å². The second-order valence-corrected chi connectivity index (χ2v) is 6.84. The number of ether oxygens (including phenoxy) is 3. The lowest BCUT2D eigenvalue weighted by Gasteiger charge is -2.09. The first-order chi connectivity index (χ1) is 14.1. The molecule has 29 heavy (non-hydrogen) atoms. The molecule has 2 heterocycles. The average molecular weight is 411 g/mol. The van der Waals surface area contributed by atoms with Crippen LogP contribution in [0.2, 0.25) is 0 Å². The zero-order valence-corrected chi connectivity index (χ0v) is 16.7. The highest BCUT2D eigenvalue weighted by molar-refractivity contribution is 7.20. The topological polar surface area (TPSA) is 99.9 Å². The van der Waals surface area contributed by atoms with Crippen LogP contribution >= 0.6 is 11.3 Å². The quantitative estimate of drug-likeness (QED) is 0.520. The number of amides is 1. The van der Waals surface area contributed by atoms with Gasteiger partial charge in [-0.3, -0.25) is 10.1 Å². The van der Waals surface area contributed by atoms with Gasteiger partial charge in [-0.25, -0.2) is 0 Å². The predicted molar refractivity (Wildman–Crippen MR) is 108 cm³/mol. The summed E-state index contributed by atoms with van der Waals surface area (Å²) in [6.07, 6.45) is 0. The maximum Gasteiger partial charge on any atom is 0.257 e. The number of nitrogens with zero attached hydrogens (tertiary/aromatic N) is 4. The SMILES string of the molecule is COc1cccc(-c2nnc3sc(NC(=O)c4ccc(OC)c(OC)c4)nn23)c1. The number of methoxy groups -OCH3 is 3. The van der Waals surface area contributed by atoms with E-state index in [1.54, 1.807) is 29.8 Å². The predicted octanol–water partition coefficient (Wildman–Crippen LogP) is 3.13. The van der Waals surface area contributed by atoms with Crippen LogP contribution in [0.4, 0.5) is 5.13 Å². The first-order valence-corrected chi connectivity index (χ1v) is 9.34. The lowest BCUT2D eigenvalue weighted by Crippen LogP contribution is -2.12. The Morgan fingerprint density at radius 2 is 1.83 bits per heavy atom. The molecule has 0 unspecified atom stereocenters. The second-order valence-electron chi connectivity index (χ2n) is 5.88. The molecule has 2 aromatic carbocycles. The molecule has 0 saturated carbocycles. The van der Waals surface area contributed by atoms with Crippen molar-refractivity contribution in [1.82, 2.24) is 19.8 Å². The van der Waals surface area contributed by atoms with E-state index >= 15 is 0 Å². The molecule has 0 saturated heterocycles. The van der Waals surface area contributed by atoms with E-state index in [2.05, 4.69) is 20.6 Å². The van der Waals surface area contributed by atoms with Gasteiger partial charge in [0.15, 0.2) is 17.3 Å². The molecule has 0 fully saturated rings. The zero-order chi connectivity index (χ0) is 20.4. The minimum atomic E-state index is -0.321. The van der Waals surface area contributed by atoms with E-state index in [9.17, 15) is 4.79 Å². The molecular weight excluding hydrogens is 394 g/mol. The Morgan fingerprint density at radius 1 is 1.00 bits per heavy atom. The summed E-state index contributed by atoms with van der Waals surface area (Å²) in [6, 6.07) is 12.4. The number of fused-ring (bicyclic) bond motifs is 1. The van der Waals surface area contributed by atoms with Crippen molar-refractivity contribution in [3.8, 4) is 28.6 Å². The number of rotatable bonds is 6. The second kappa shape index (κ2) is 7.76. The van der Waals surface area contributed by atoms with Gasteiger partial charge >= 0.3 is 0 Å². The van der Waals surface area contributed by atoms with Crippen LogP contribution in [-0.2, 0) is 0 Å². The van der Waals surface area contributed by atoms with Crippen LogP contribution in [0.25, 0.3) is 16.3 Å². The molecule has 0 radical (unpaired) electrons. The molecule has 1 N–H and O–H groups in total. The molecule has 0 atom stereocenters. The summed E-state index contributed by atoms with van der Waals surface area (Å²) >= 11 is 1.22. The van der Waals surface area contributed by atoms with Gasteiger partial charge in [0.05, 0.1) is 21.3 Å². The monoisotopic (exact) mass is 411 g/mol. The van der Waals surface area contributed by atoms with Crippen molar-refractivity contribution >= 4 is 27.3 Å². The molecular formula is C19H17N5O4S. The van der Waals surface area contributed by atoms with Crippen LogP contribution in [0.1, 0.15) is 10.4 Å². The molecule has 1 amide bonds. The molecule has 2 aromatic heterocycles. The maximum absolute atomic E-state index is 12.6. The Bertz CT molecular complexity index is 1190. The highest BCUT2D eigenvalue weighted by Crippen LogP contribution is 2.29. The summed E-state index contributed by atoms with van der Waals surface area (Å²) in [7, 11) is 4.66. The molecule has 148 valence electrons. The number of carbonyl (C=O) groups excluding carboxylic acids is 1. The Labute approximate surface area is 169 Å². The molecule has 0 aliphatic heterocycles. The molecule has 0 spiro atoms. The van der Waals surface area contributed by atoms with Gasteiger partial charge in [0, 0.05) is 11.1 Å². The van der Waals surface area contributed by atoms with Crippen molar-refractivity contribution in [3.05, 3.63) is 48.0 Å². The van der Waals surface area contributed by atoms with E-state index in [1.807, 2.05) is 24.3 Å². The first kappa shape index (κ1) is 18.7. The van der Waals surface area contributed by atoms with Crippen molar-refractivity contribution in [2.45, 2.75) is 0 Å². The molecule has 0 aliphatic rings. The van der Waals surface area contributed by atoms with Crippen LogP contribution in [0.15, 0.2) is 42.5 Å². The lowest BCUT2D eigenvalue weighted by atomic mass is 10.2. The molecule has 4 aromatic rings. The van der Waals surface area contributed by atoms with Crippen molar-refractivity contribution in [1.29, 1.82) is 0 Å². The third-order valence-electron chi connectivity index (χ3n) is 4.18. The van der Waals surface area contributed by atoms with E-state index in [-0.39, 0.29) is 5.91 Å². The first-order valence-electron chi connectivity index (χ1n) is 8.53. The van der Waals surface area contributed by atoms with E-state index in [0.29, 0.717) is 38.7 Å². The third-order valence-corrected chi connectivity index (χ3v) is 5.00. The van der Waals surface area contributed by atoms with Gasteiger partial charge in [-0.15, -0.1) is 15.3 Å². The van der Waals surface area contributed by atoms with Gasteiger partial charge in [0.25, 0.3) is 5.91 Å². The molecule has 0 bridgehead atoms. The van der Waals surface area contributed by atoms with Crippen LogP contribution in [0.3, 0.4) is 0 Å². The smallest absolute Gasteiger partial charge is 0.257 e. The number of carbonyl (C=O) groups is 1. The zero-order valence-electron chi connectivity index (χ0n) is 15.9. The fourth-order valence-corrected chi connectivity index (χ4v) is 3.49. The van der Waals surface area contributed by atoms with Gasteiger partial charge in [-0.05, 0) is 30.3 Å². The number of anilines is 1. The Hall–Kier alpha value is -3.66. The molecule has 0 aliphatic carbocycles. The van der Waals surface area contributed by atoms with Crippen molar-refractivity contribution in [2.75, 3.05) is 26.6 Å². The van der Waals surface area contributed by atoms with Crippen LogP contribution < -0.4 is 19.5 Å². The number of hydrogen-bond acceptors (Lipinski definition) is 8. The highest BCUT2D eigenvalue weighted by atomic mass is 32.1.